The van der Waals surface area contributed by atoms with Gasteiger partial charge in [-0.3, -0.25) is 9.69 Å². The number of thiophene rings is 1. The maximum atomic E-state index is 11.2. The first-order valence-electron chi connectivity index (χ1n) is 7.40. The Morgan fingerprint density at radius 2 is 2.00 bits per heavy atom. The van der Waals surface area contributed by atoms with Gasteiger partial charge in [0.1, 0.15) is 0 Å². The highest BCUT2D eigenvalue weighted by atomic mass is 79.9. The maximum absolute atomic E-state index is 11.2. The third-order valence-electron chi connectivity index (χ3n) is 4.30. The number of hydrogen-bond donors (Lipinski definition) is 1. The minimum atomic E-state index is -0.660. The Kier molecular flexibility index (Phi) is 4.96. The summed E-state index contributed by atoms with van der Waals surface area (Å²) in [6.45, 7) is 1.64. The fraction of sp³-hybridized carbons (Fsp3) is 0.353. The van der Waals surface area contributed by atoms with Crippen molar-refractivity contribution in [2.24, 2.45) is 5.92 Å². The number of carboxylic acid groups (broad SMARTS) is 1. The highest BCUT2D eigenvalue weighted by Crippen LogP contribution is 2.36. The number of halogens is 1. The average molecular weight is 380 g/mol. The van der Waals surface area contributed by atoms with Crippen molar-refractivity contribution in [2.75, 3.05) is 13.1 Å². The van der Waals surface area contributed by atoms with Crippen LogP contribution in [0.3, 0.4) is 0 Å². The quantitative estimate of drug-likeness (QED) is 0.855. The first kappa shape index (κ1) is 15.7. The maximum Gasteiger partial charge on any atom is 0.306 e. The van der Waals surface area contributed by atoms with Gasteiger partial charge in [0.2, 0.25) is 0 Å². The summed E-state index contributed by atoms with van der Waals surface area (Å²) in [6, 6.07) is 10.7. The van der Waals surface area contributed by atoms with Crippen LogP contribution in [0.1, 0.15) is 30.0 Å². The molecule has 0 spiro atoms. The van der Waals surface area contributed by atoms with Gasteiger partial charge in [0.05, 0.1) is 12.0 Å². The molecule has 1 atom stereocenters. The van der Waals surface area contributed by atoms with Crippen LogP contribution < -0.4 is 0 Å². The van der Waals surface area contributed by atoms with Crippen LogP contribution in [0.25, 0.3) is 0 Å². The molecule has 0 amide bonds. The van der Waals surface area contributed by atoms with Gasteiger partial charge in [-0.25, -0.2) is 0 Å². The van der Waals surface area contributed by atoms with Gasteiger partial charge in [-0.1, -0.05) is 34.1 Å². The molecule has 1 fully saturated rings. The summed E-state index contributed by atoms with van der Waals surface area (Å²) in [5, 5.41) is 13.5. The van der Waals surface area contributed by atoms with Crippen LogP contribution in [0.15, 0.2) is 45.6 Å². The first-order chi connectivity index (χ1) is 10.7. The molecule has 1 aliphatic rings. The lowest BCUT2D eigenvalue weighted by Gasteiger charge is -2.37. The monoisotopic (exact) mass is 379 g/mol. The predicted molar refractivity (Wildman–Crippen MR) is 92.2 cm³/mol. The lowest BCUT2D eigenvalue weighted by atomic mass is 9.92. The molecule has 1 aromatic carbocycles. The third-order valence-corrected chi connectivity index (χ3v) is 5.73. The summed E-state index contributed by atoms with van der Waals surface area (Å²) in [6.07, 6.45) is 1.45. The zero-order valence-corrected chi connectivity index (χ0v) is 14.5. The number of nitrogens with zero attached hydrogens (tertiary/aromatic N) is 1. The van der Waals surface area contributed by atoms with Crippen molar-refractivity contribution in [1.29, 1.82) is 0 Å². The summed E-state index contributed by atoms with van der Waals surface area (Å²) in [4.78, 5) is 13.6. The number of likely N-dealkylation sites (tertiary alicyclic amines) is 1. The number of benzene rings is 1. The smallest absolute Gasteiger partial charge is 0.306 e. The fourth-order valence-electron chi connectivity index (χ4n) is 3.12. The van der Waals surface area contributed by atoms with Crippen LogP contribution in [0.5, 0.6) is 0 Å². The molecule has 1 saturated heterocycles. The summed E-state index contributed by atoms with van der Waals surface area (Å²) in [5.41, 5.74) is 2.53. The van der Waals surface area contributed by atoms with E-state index in [9.17, 15) is 9.90 Å². The van der Waals surface area contributed by atoms with Crippen LogP contribution in [0, 0.1) is 5.92 Å². The molecule has 3 nitrogen and oxygen atoms in total. The Balaban J connectivity index is 1.88. The Morgan fingerprint density at radius 1 is 1.27 bits per heavy atom. The van der Waals surface area contributed by atoms with E-state index in [1.165, 1.54) is 11.1 Å². The molecule has 1 unspecified atom stereocenters. The molecule has 1 aromatic heterocycles. The van der Waals surface area contributed by atoms with Gasteiger partial charge in [0.15, 0.2) is 0 Å². The lowest BCUT2D eigenvalue weighted by Crippen LogP contribution is -2.39. The number of carboxylic acids is 1. The summed E-state index contributed by atoms with van der Waals surface area (Å²) in [7, 11) is 0. The Hall–Kier alpha value is -1.17. The van der Waals surface area contributed by atoms with Gasteiger partial charge in [-0.15, -0.1) is 0 Å². The minimum absolute atomic E-state index is 0.191. The molecule has 2 aromatic rings. The second kappa shape index (κ2) is 6.94. The van der Waals surface area contributed by atoms with Crippen LogP contribution >= 0.6 is 27.3 Å². The Bertz CT molecular complexity index is 636. The van der Waals surface area contributed by atoms with Gasteiger partial charge < -0.3 is 5.11 Å². The van der Waals surface area contributed by atoms with E-state index in [0.29, 0.717) is 0 Å². The summed E-state index contributed by atoms with van der Waals surface area (Å²) >= 11 is 5.37. The van der Waals surface area contributed by atoms with Crippen molar-refractivity contribution in [3.63, 3.8) is 0 Å². The molecule has 0 bridgehead atoms. The molecule has 5 heteroatoms. The fourth-order valence-corrected chi connectivity index (χ4v) is 4.30. The van der Waals surface area contributed by atoms with Gasteiger partial charge in [0, 0.05) is 4.47 Å². The van der Waals surface area contributed by atoms with E-state index in [-0.39, 0.29) is 12.0 Å². The van der Waals surface area contributed by atoms with E-state index in [0.717, 1.165) is 30.4 Å². The zero-order valence-electron chi connectivity index (χ0n) is 12.1. The third kappa shape index (κ3) is 3.26. The van der Waals surface area contributed by atoms with Crippen molar-refractivity contribution >= 4 is 33.2 Å². The van der Waals surface area contributed by atoms with Crippen LogP contribution in [0.4, 0.5) is 0 Å². The second-order valence-corrected chi connectivity index (χ2v) is 7.26. The first-order valence-corrected chi connectivity index (χ1v) is 9.14. The Labute approximate surface area is 142 Å². The molecule has 0 radical (unpaired) electrons. The van der Waals surface area contributed by atoms with E-state index in [1.54, 1.807) is 11.3 Å². The van der Waals surface area contributed by atoms with E-state index >= 15 is 0 Å². The molecular formula is C17H18BrNO2S. The molecule has 22 heavy (non-hydrogen) atoms. The van der Waals surface area contributed by atoms with Gasteiger partial charge in [-0.05, 0) is 60.0 Å². The number of piperidine rings is 1. The lowest BCUT2D eigenvalue weighted by molar-refractivity contribution is -0.143. The van der Waals surface area contributed by atoms with Gasteiger partial charge in [-0.2, -0.15) is 11.3 Å². The van der Waals surface area contributed by atoms with Crippen molar-refractivity contribution in [3.8, 4) is 0 Å². The minimum Gasteiger partial charge on any atom is -0.481 e. The molecule has 1 aliphatic heterocycles. The number of aliphatic carboxylic acids is 1. The molecule has 2 heterocycles. The highest BCUT2D eigenvalue weighted by molar-refractivity contribution is 9.10. The predicted octanol–water partition coefficient (Wildman–Crippen LogP) is 4.40. The normalized spacial score (nSPS) is 18.2. The Morgan fingerprint density at radius 3 is 2.59 bits per heavy atom. The van der Waals surface area contributed by atoms with Crippen molar-refractivity contribution < 1.29 is 9.90 Å². The molecule has 116 valence electrons. The highest BCUT2D eigenvalue weighted by Gasteiger charge is 2.30. The number of carbonyl (C=O) groups is 1. The van der Waals surface area contributed by atoms with E-state index < -0.39 is 5.97 Å². The zero-order chi connectivity index (χ0) is 15.5. The molecular weight excluding hydrogens is 362 g/mol. The van der Waals surface area contributed by atoms with Crippen LogP contribution in [-0.4, -0.2) is 29.1 Å². The van der Waals surface area contributed by atoms with Crippen molar-refractivity contribution in [1.82, 2.24) is 4.90 Å². The van der Waals surface area contributed by atoms with Gasteiger partial charge >= 0.3 is 5.97 Å². The van der Waals surface area contributed by atoms with Crippen molar-refractivity contribution in [2.45, 2.75) is 18.9 Å². The van der Waals surface area contributed by atoms with E-state index in [2.05, 4.69) is 55.9 Å². The molecule has 3 rings (SSSR count). The average Bonchev–Trinajstić information content (AvgIpc) is 3.04. The number of hydrogen-bond acceptors (Lipinski definition) is 3. The topological polar surface area (TPSA) is 40.5 Å². The molecule has 1 N–H and O–H groups in total. The summed E-state index contributed by atoms with van der Waals surface area (Å²) < 4.78 is 1.10. The SMILES string of the molecule is O=C(O)C1CCN(C(c2ccsc2)c2ccccc2Br)CC1. The largest absolute Gasteiger partial charge is 0.481 e. The number of rotatable bonds is 4. The summed E-state index contributed by atoms with van der Waals surface area (Å²) in [5.74, 6) is -0.855. The van der Waals surface area contributed by atoms with E-state index in [1.807, 2.05) is 6.07 Å². The molecule has 0 aliphatic carbocycles. The standard InChI is InChI=1S/C17H18BrNO2S/c18-15-4-2-1-3-14(15)16(13-7-10-22-11-13)19-8-5-12(6-9-19)17(20)21/h1-4,7,10-12,16H,5-6,8-9H2,(H,20,21). The van der Waals surface area contributed by atoms with Crippen LogP contribution in [-0.2, 0) is 4.79 Å². The van der Waals surface area contributed by atoms with Gasteiger partial charge in [0.25, 0.3) is 0 Å². The second-order valence-electron chi connectivity index (χ2n) is 5.63. The van der Waals surface area contributed by atoms with E-state index in [4.69, 9.17) is 0 Å². The van der Waals surface area contributed by atoms with Crippen molar-refractivity contribution in [3.05, 3.63) is 56.7 Å². The molecule has 0 saturated carbocycles. The van der Waals surface area contributed by atoms with Crippen LogP contribution in [0.2, 0.25) is 0 Å².